The molecule has 3 heterocycles. The third-order valence-corrected chi connectivity index (χ3v) is 6.27. The van der Waals surface area contributed by atoms with Gasteiger partial charge in [0, 0.05) is 41.7 Å². The van der Waals surface area contributed by atoms with Crippen molar-refractivity contribution in [3.8, 4) is 0 Å². The topological polar surface area (TPSA) is 25.5 Å². The third kappa shape index (κ3) is 3.05. The van der Waals surface area contributed by atoms with Crippen LogP contribution in [0.15, 0.2) is 47.4 Å². The molecule has 1 aromatic heterocycles. The van der Waals surface area contributed by atoms with Crippen molar-refractivity contribution in [2.75, 3.05) is 24.5 Å². The van der Waals surface area contributed by atoms with Crippen molar-refractivity contribution in [3.63, 3.8) is 0 Å². The predicted molar refractivity (Wildman–Crippen MR) is 109 cm³/mol. The fourth-order valence-electron chi connectivity index (χ4n) is 3.50. The normalized spacial score (nSPS) is 19.4. The second-order valence-corrected chi connectivity index (χ2v) is 7.69. The maximum absolute atomic E-state index is 6.50. The van der Waals surface area contributed by atoms with E-state index in [1.807, 2.05) is 6.20 Å². The van der Waals surface area contributed by atoms with Crippen molar-refractivity contribution < 1.29 is 0 Å². The first-order valence-electron chi connectivity index (χ1n) is 8.79. The van der Waals surface area contributed by atoms with E-state index < -0.39 is 0 Å². The molecule has 0 fully saturated rings. The van der Waals surface area contributed by atoms with E-state index in [1.165, 1.54) is 16.5 Å². The van der Waals surface area contributed by atoms with Crippen molar-refractivity contribution in [1.82, 2.24) is 14.8 Å². The molecule has 1 aromatic carbocycles. The van der Waals surface area contributed by atoms with Crippen molar-refractivity contribution in [2.45, 2.75) is 25.8 Å². The zero-order valence-electron chi connectivity index (χ0n) is 14.6. The largest absolute Gasteiger partial charge is 0.361 e. The molecule has 0 spiro atoms. The summed E-state index contributed by atoms with van der Waals surface area (Å²) in [5, 5.41) is 4.17. The summed E-state index contributed by atoms with van der Waals surface area (Å²) >= 11 is 8.28. The molecular formula is C19H23ClN4S. The smallest absolute Gasteiger partial charge is 0.163 e. The minimum absolute atomic E-state index is 0.197. The SMILES string of the molecule is CCN(CC)CCc1c[nH]c2ccc(N3C(Cl)=CN4C=CSC43)cc12. The minimum Gasteiger partial charge on any atom is -0.361 e. The molecule has 0 saturated heterocycles. The predicted octanol–water partition coefficient (Wildman–Crippen LogP) is 4.71. The zero-order valence-corrected chi connectivity index (χ0v) is 16.1. The zero-order chi connectivity index (χ0) is 17.4. The fourth-order valence-corrected chi connectivity index (χ4v) is 4.84. The van der Waals surface area contributed by atoms with Gasteiger partial charge in [0.15, 0.2) is 5.50 Å². The van der Waals surface area contributed by atoms with Crippen LogP contribution in [0.25, 0.3) is 10.9 Å². The molecule has 0 aliphatic carbocycles. The van der Waals surface area contributed by atoms with E-state index in [1.54, 1.807) is 11.8 Å². The first-order valence-corrected chi connectivity index (χ1v) is 10.1. The van der Waals surface area contributed by atoms with Crippen LogP contribution in [0.5, 0.6) is 0 Å². The van der Waals surface area contributed by atoms with E-state index in [-0.39, 0.29) is 5.50 Å². The number of hydrogen-bond donors (Lipinski definition) is 1. The molecule has 0 amide bonds. The van der Waals surface area contributed by atoms with Gasteiger partial charge in [-0.2, -0.15) is 0 Å². The van der Waals surface area contributed by atoms with Gasteiger partial charge in [-0.3, -0.25) is 0 Å². The lowest BCUT2D eigenvalue weighted by atomic mass is 10.1. The fraction of sp³-hybridized carbons (Fsp3) is 0.368. The molecule has 25 heavy (non-hydrogen) atoms. The summed E-state index contributed by atoms with van der Waals surface area (Å²) in [7, 11) is 0. The van der Waals surface area contributed by atoms with Crippen LogP contribution in [0.1, 0.15) is 19.4 Å². The number of fused-ring (bicyclic) bond motifs is 2. The number of aromatic amines is 1. The van der Waals surface area contributed by atoms with Crippen molar-refractivity contribution in [2.24, 2.45) is 0 Å². The number of benzene rings is 1. The molecule has 4 nitrogen and oxygen atoms in total. The van der Waals surface area contributed by atoms with Gasteiger partial charge in [-0.05, 0) is 48.7 Å². The summed E-state index contributed by atoms with van der Waals surface area (Å²) in [5.74, 6) is 0. The van der Waals surface area contributed by atoms with Gasteiger partial charge >= 0.3 is 0 Å². The van der Waals surface area contributed by atoms with Gasteiger partial charge in [0.05, 0.1) is 0 Å². The molecule has 0 saturated carbocycles. The lowest BCUT2D eigenvalue weighted by Crippen LogP contribution is -2.31. The minimum atomic E-state index is 0.197. The summed E-state index contributed by atoms with van der Waals surface area (Å²) in [5.41, 5.74) is 3.90. The maximum Gasteiger partial charge on any atom is 0.163 e. The Morgan fingerprint density at radius 2 is 2.12 bits per heavy atom. The molecule has 1 atom stereocenters. The highest BCUT2D eigenvalue weighted by atomic mass is 35.5. The van der Waals surface area contributed by atoms with Gasteiger partial charge < -0.3 is 19.7 Å². The van der Waals surface area contributed by atoms with E-state index in [9.17, 15) is 0 Å². The molecule has 1 unspecified atom stereocenters. The van der Waals surface area contributed by atoms with Crippen LogP contribution in [0.4, 0.5) is 5.69 Å². The Hall–Kier alpha value is -1.56. The van der Waals surface area contributed by atoms with E-state index in [2.05, 4.69) is 69.5 Å². The Kier molecular flexibility index (Phi) is 4.71. The number of nitrogens with zero attached hydrogens (tertiary/aromatic N) is 3. The molecule has 0 bridgehead atoms. The average Bonchev–Trinajstić information content (AvgIpc) is 3.30. The number of rotatable bonds is 6. The highest BCUT2D eigenvalue weighted by Crippen LogP contribution is 2.41. The Balaban J connectivity index is 1.61. The molecule has 2 aliphatic rings. The van der Waals surface area contributed by atoms with Crippen LogP contribution in [0.2, 0.25) is 0 Å². The number of hydrogen-bond acceptors (Lipinski definition) is 4. The maximum atomic E-state index is 6.50. The molecular weight excluding hydrogens is 352 g/mol. The Morgan fingerprint density at radius 3 is 2.92 bits per heavy atom. The average molecular weight is 375 g/mol. The number of H-pyrrole nitrogens is 1. The monoisotopic (exact) mass is 374 g/mol. The number of thioether (sulfide) groups is 1. The second-order valence-electron chi connectivity index (χ2n) is 6.34. The molecule has 6 heteroatoms. The number of anilines is 1. The molecule has 1 N–H and O–H groups in total. The van der Waals surface area contributed by atoms with Crippen LogP contribution in [-0.2, 0) is 6.42 Å². The van der Waals surface area contributed by atoms with Crippen LogP contribution < -0.4 is 4.90 Å². The van der Waals surface area contributed by atoms with E-state index >= 15 is 0 Å². The number of halogens is 1. The Morgan fingerprint density at radius 1 is 1.28 bits per heavy atom. The van der Waals surface area contributed by atoms with Crippen molar-refractivity contribution in [3.05, 3.63) is 52.9 Å². The number of nitrogens with one attached hydrogen (secondary N) is 1. The van der Waals surface area contributed by atoms with Gasteiger partial charge in [-0.15, -0.1) is 0 Å². The van der Waals surface area contributed by atoms with Crippen LogP contribution in [0, 0.1) is 0 Å². The lowest BCUT2D eigenvalue weighted by Gasteiger charge is -2.27. The van der Waals surface area contributed by atoms with E-state index in [0.29, 0.717) is 0 Å². The highest BCUT2D eigenvalue weighted by molar-refractivity contribution is 8.03. The quantitative estimate of drug-likeness (QED) is 0.740. The molecule has 2 aliphatic heterocycles. The lowest BCUT2D eigenvalue weighted by molar-refractivity contribution is 0.308. The number of aromatic nitrogens is 1. The van der Waals surface area contributed by atoms with Gasteiger partial charge in [-0.25, -0.2) is 0 Å². The Labute approximate surface area is 158 Å². The van der Waals surface area contributed by atoms with Gasteiger partial charge in [0.25, 0.3) is 0 Å². The third-order valence-electron chi connectivity index (χ3n) is 5.02. The standard InChI is InChI=1S/C19H23ClN4S/c1-3-22(4-2)8-7-14-12-21-17-6-5-15(11-16(14)17)24-18(20)13-23-9-10-25-19(23)24/h5-6,9-13,19,21H,3-4,7-8H2,1-2H3. The number of likely N-dealkylation sites (N-methyl/N-ethyl adjacent to an activating group) is 1. The van der Waals surface area contributed by atoms with Crippen LogP contribution in [-0.4, -0.2) is 39.9 Å². The van der Waals surface area contributed by atoms with Crippen molar-refractivity contribution >= 4 is 40.0 Å². The van der Waals surface area contributed by atoms with E-state index in [0.717, 1.165) is 36.9 Å². The van der Waals surface area contributed by atoms with E-state index in [4.69, 9.17) is 11.6 Å². The summed E-state index contributed by atoms with van der Waals surface area (Å²) in [6.45, 7) is 7.72. The van der Waals surface area contributed by atoms with Crippen molar-refractivity contribution in [1.29, 1.82) is 0 Å². The summed E-state index contributed by atoms with van der Waals surface area (Å²) in [4.78, 5) is 10.2. The summed E-state index contributed by atoms with van der Waals surface area (Å²) < 4.78 is 0. The van der Waals surface area contributed by atoms with Gasteiger partial charge in [0.1, 0.15) is 5.16 Å². The van der Waals surface area contributed by atoms with Gasteiger partial charge in [-0.1, -0.05) is 37.2 Å². The van der Waals surface area contributed by atoms with Crippen LogP contribution in [0.3, 0.4) is 0 Å². The van der Waals surface area contributed by atoms with Gasteiger partial charge in [0.2, 0.25) is 0 Å². The first kappa shape index (κ1) is 16.9. The molecule has 2 aromatic rings. The second kappa shape index (κ2) is 6.98. The summed E-state index contributed by atoms with van der Waals surface area (Å²) in [6.07, 6.45) is 7.27. The molecule has 132 valence electrons. The molecule has 4 rings (SSSR count). The van der Waals surface area contributed by atoms with Crippen LogP contribution >= 0.6 is 23.4 Å². The highest BCUT2D eigenvalue weighted by Gasteiger charge is 2.34. The summed E-state index contributed by atoms with van der Waals surface area (Å²) in [6, 6.07) is 6.57. The first-order chi connectivity index (χ1) is 12.2. The Bertz CT molecular complexity index is 824. The molecule has 0 radical (unpaired) electrons.